The largest absolute Gasteiger partial charge is 0.445 e. The summed E-state index contributed by atoms with van der Waals surface area (Å²) in [5, 5.41) is 9.07. The summed E-state index contributed by atoms with van der Waals surface area (Å²) in [6.45, 7) is 1.88. The third kappa shape index (κ3) is 4.42. The third-order valence-corrected chi connectivity index (χ3v) is 1.92. The molecule has 90 valence electrons. The van der Waals surface area contributed by atoms with E-state index in [0.717, 1.165) is 0 Å². The van der Waals surface area contributed by atoms with E-state index < -0.39 is 0 Å². The van der Waals surface area contributed by atoms with Crippen LogP contribution in [0.1, 0.15) is 17.3 Å². The molecule has 1 aromatic carbocycles. The lowest BCUT2D eigenvalue weighted by molar-refractivity contribution is -0.132. The van der Waals surface area contributed by atoms with Crippen molar-refractivity contribution in [2.45, 2.75) is 6.92 Å². The second kappa shape index (κ2) is 6.37. The number of hydrogen-bond acceptors (Lipinski definition) is 5. The topological polar surface area (TPSA) is 71.3 Å². The van der Waals surface area contributed by atoms with Gasteiger partial charge < -0.3 is 4.74 Å². The van der Waals surface area contributed by atoms with Crippen molar-refractivity contribution in [3.8, 4) is 0 Å². The van der Waals surface area contributed by atoms with E-state index in [4.69, 9.17) is 0 Å². The Morgan fingerprint density at radius 1 is 1.41 bits per heavy atom. The molecule has 0 heterocycles. The van der Waals surface area contributed by atoms with Gasteiger partial charge in [-0.1, -0.05) is 5.22 Å². The normalized spacial score (nSPS) is 10.2. The summed E-state index contributed by atoms with van der Waals surface area (Å²) >= 11 is 0. The predicted molar refractivity (Wildman–Crippen MR) is 60.7 cm³/mol. The minimum Gasteiger partial charge on any atom is -0.445 e. The summed E-state index contributed by atoms with van der Waals surface area (Å²) in [5.41, 5.74) is 1.24. The van der Waals surface area contributed by atoms with E-state index in [0.29, 0.717) is 17.7 Å². The Balaban J connectivity index is 2.59. The van der Waals surface area contributed by atoms with Crippen LogP contribution in [0.3, 0.4) is 0 Å². The van der Waals surface area contributed by atoms with Gasteiger partial charge in [-0.3, -0.25) is 9.59 Å². The first kappa shape index (κ1) is 12.8. The second-order valence-electron chi connectivity index (χ2n) is 3.34. The maximum atomic E-state index is 11.0. The minimum absolute atomic E-state index is 0.00462. The van der Waals surface area contributed by atoms with Crippen molar-refractivity contribution >= 4 is 17.9 Å². The van der Waals surface area contributed by atoms with Crippen LogP contribution < -0.4 is 0 Å². The molecule has 0 radical (unpaired) electrons. The number of benzene rings is 1. The maximum absolute atomic E-state index is 11.0. The number of hydrogen-bond donors (Lipinski definition) is 0. The van der Waals surface area contributed by atoms with Gasteiger partial charge in [0.1, 0.15) is 0 Å². The summed E-state index contributed by atoms with van der Waals surface area (Å²) in [5.74, 6) is 0.00462. The molecule has 0 atom stereocenters. The average molecular weight is 235 g/mol. The van der Waals surface area contributed by atoms with Gasteiger partial charge in [0.15, 0.2) is 12.5 Å². The Kier molecular flexibility index (Phi) is 4.80. The molecule has 17 heavy (non-hydrogen) atoms. The molecule has 0 aromatic heterocycles. The third-order valence-electron chi connectivity index (χ3n) is 1.92. The van der Waals surface area contributed by atoms with Crippen LogP contribution in [-0.4, -0.2) is 31.0 Å². The summed E-state index contributed by atoms with van der Waals surface area (Å²) in [4.78, 5) is 21.0. The SMILES string of the molecule is CC(=O)c1ccc(/N=N/N(C)COC=O)cc1. The van der Waals surface area contributed by atoms with Crippen LogP contribution in [0, 0.1) is 0 Å². The highest BCUT2D eigenvalue weighted by atomic mass is 16.5. The van der Waals surface area contributed by atoms with Gasteiger partial charge in [0.05, 0.1) is 5.69 Å². The van der Waals surface area contributed by atoms with Crippen molar-refractivity contribution < 1.29 is 14.3 Å². The molecule has 0 aliphatic rings. The van der Waals surface area contributed by atoms with Crippen molar-refractivity contribution in [3.05, 3.63) is 29.8 Å². The second-order valence-corrected chi connectivity index (χ2v) is 3.34. The quantitative estimate of drug-likeness (QED) is 0.248. The van der Waals surface area contributed by atoms with Crippen molar-refractivity contribution in [1.29, 1.82) is 0 Å². The molecular formula is C11H13N3O3. The van der Waals surface area contributed by atoms with Gasteiger partial charge >= 0.3 is 0 Å². The fourth-order valence-corrected chi connectivity index (χ4v) is 1.05. The van der Waals surface area contributed by atoms with E-state index in [1.165, 1.54) is 11.9 Å². The minimum atomic E-state index is 0.00462. The van der Waals surface area contributed by atoms with E-state index in [2.05, 4.69) is 15.1 Å². The monoisotopic (exact) mass is 235 g/mol. The zero-order valence-electron chi connectivity index (χ0n) is 9.66. The van der Waals surface area contributed by atoms with Gasteiger partial charge in [-0.25, -0.2) is 5.01 Å². The molecule has 6 heteroatoms. The molecule has 0 amide bonds. The van der Waals surface area contributed by atoms with Gasteiger partial charge in [0, 0.05) is 12.6 Å². The molecule has 0 unspecified atom stereocenters. The fraction of sp³-hybridized carbons (Fsp3) is 0.273. The number of ketones is 1. The Labute approximate surface area is 98.9 Å². The summed E-state index contributed by atoms with van der Waals surface area (Å²) in [6.07, 6.45) is 0. The molecule has 0 fully saturated rings. The first-order chi connectivity index (χ1) is 8.13. The van der Waals surface area contributed by atoms with Crippen LogP contribution in [0.4, 0.5) is 5.69 Å². The number of carbonyl (C=O) groups excluding carboxylic acids is 2. The Bertz CT molecular complexity index is 414. The van der Waals surface area contributed by atoms with Gasteiger partial charge in [-0.05, 0) is 31.2 Å². The molecule has 0 aliphatic heterocycles. The highest BCUT2D eigenvalue weighted by Gasteiger charge is 1.98. The predicted octanol–water partition coefficient (Wildman–Crippen LogP) is 1.95. The molecule has 0 saturated carbocycles. The van der Waals surface area contributed by atoms with Gasteiger partial charge in [-0.2, -0.15) is 0 Å². The van der Waals surface area contributed by atoms with Crippen LogP contribution in [0.25, 0.3) is 0 Å². The van der Waals surface area contributed by atoms with Crippen molar-refractivity contribution in [2.24, 2.45) is 10.3 Å². The number of nitrogens with zero attached hydrogens (tertiary/aromatic N) is 3. The molecular weight excluding hydrogens is 222 g/mol. The molecule has 0 aliphatic carbocycles. The lowest BCUT2D eigenvalue weighted by Crippen LogP contribution is -2.13. The smallest absolute Gasteiger partial charge is 0.294 e. The van der Waals surface area contributed by atoms with Gasteiger partial charge in [0.2, 0.25) is 0 Å². The zero-order valence-corrected chi connectivity index (χ0v) is 9.66. The lowest BCUT2D eigenvalue weighted by Gasteiger charge is -2.08. The van der Waals surface area contributed by atoms with Crippen molar-refractivity contribution in [1.82, 2.24) is 5.01 Å². The highest BCUT2D eigenvalue weighted by molar-refractivity contribution is 5.94. The van der Waals surface area contributed by atoms with E-state index in [-0.39, 0.29) is 12.5 Å². The summed E-state index contributed by atoms with van der Waals surface area (Å²) < 4.78 is 4.48. The highest BCUT2D eigenvalue weighted by Crippen LogP contribution is 2.14. The maximum Gasteiger partial charge on any atom is 0.294 e. The number of Topliss-reactive ketones (excluding diaryl/α,β-unsaturated/α-hetero) is 1. The summed E-state index contributed by atoms with van der Waals surface area (Å²) in [6, 6.07) is 6.74. The molecule has 6 nitrogen and oxygen atoms in total. The molecule has 1 rings (SSSR count). The lowest BCUT2D eigenvalue weighted by atomic mass is 10.1. The molecule has 0 spiro atoms. The fourth-order valence-electron chi connectivity index (χ4n) is 1.05. The van der Waals surface area contributed by atoms with Crippen LogP contribution in [-0.2, 0) is 9.53 Å². The zero-order chi connectivity index (χ0) is 12.7. The van der Waals surface area contributed by atoms with Crippen molar-refractivity contribution in [2.75, 3.05) is 13.8 Å². The Hall–Kier alpha value is -2.24. The Morgan fingerprint density at radius 2 is 2.06 bits per heavy atom. The molecule has 1 aromatic rings. The van der Waals surface area contributed by atoms with E-state index >= 15 is 0 Å². The molecule has 0 saturated heterocycles. The van der Waals surface area contributed by atoms with Gasteiger partial charge in [0.25, 0.3) is 6.47 Å². The van der Waals surface area contributed by atoms with Crippen LogP contribution in [0.5, 0.6) is 0 Å². The standard InChI is InChI=1S/C11H13N3O3/c1-9(16)10-3-5-11(6-4-10)12-13-14(2)7-17-8-15/h3-6,8H,7H2,1-2H3/b13-12+. The summed E-state index contributed by atoms with van der Waals surface area (Å²) in [7, 11) is 1.62. The Morgan fingerprint density at radius 3 is 2.59 bits per heavy atom. The van der Waals surface area contributed by atoms with Crippen LogP contribution >= 0.6 is 0 Å². The van der Waals surface area contributed by atoms with E-state index in [9.17, 15) is 9.59 Å². The average Bonchev–Trinajstić information content (AvgIpc) is 2.34. The van der Waals surface area contributed by atoms with Crippen LogP contribution in [0.2, 0.25) is 0 Å². The first-order valence-electron chi connectivity index (χ1n) is 4.92. The van der Waals surface area contributed by atoms with E-state index in [1.54, 1.807) is 31.3 Å². The number of ether oxygens (including phenoxy) is 1. The van der Waals surface area contributed by atoms with Crippen LogP contribution in [0.15, 0.2) is 34.6 Å². The molecule has 0 N–H and O–H groups in total. The molecule has 0 bridgehead atoms. The number of rotatable bonds is 6. The number of carbonyl (C=O) groups is 2. The van der Waals surface area contributed by atoms with Gasteiger partial charge in [-0.15, -0.1) is 5.11 Å². The van der Waals surface area contributed by atoms with Crippen molar-refractivity contribution in [3.63, 3.8) is 0 Å². The van der Waals surface area contributed by atoms with E-state index in [1.807, 2.05) is 0 Å². The first-order valence-corrected chi connectivity index (χ1v) is 4.92.